The monoisotopic (exact) mass is 285 g/mol. The fraction of sp³-hybridized carbons (Fsp3) is 0.538. The lowest BCUT2D eigenvalue weighted by atomic mass is 10.0. The molecule has 0 radical (unpaired) electrons. The summed E-state index contributed by atoms with van der Waals surface area (Å²) in [4.78, 5) is 0. The quantitative estimate of drug-likeness (QED) is 0.894. The molecule has 1 nitrogen and oxygen atoms in total. The molecule has 3 atom stereocenters. The van der Waals surface area contributed by atoms with E-state index in [1.807, 2.05) is 19.2 Å². The summed E-state index contributed by atoms with van der Waals surface area (Å²) >= 11 is 3.27. The van der Waals surface area contributed by atoms with Crippen molar-refractivity contribution in [2.75, 3.05) is 7.05 Å². The zero-order valence-corrected chi connectivity index (χ0v) is 11.2. The molecule has 1 aliphatic rings. The minimum atomic E-state index is -0.108. The number of halogens is 2. The summed E-state index contributed by atoms with van der Waals surface area (Å²) in [5.74, 6) is 1.40. The second-order valence-electron chi connectivity index (χ2n) is 4.71. The standard InChI is InChI=1S/C13H17BrFN/c1-8-5-11(8)13(16-2)6-9-3-4-10(14)7-12(9)15/h3-4,7-8,11,13,16H,5-6H2,1-2H3. The molecule has 0 saturated heterocycles. The molecule has 1 aliphatic carbocycles. The van der Waals surface area contributed by atoms with Gasteiger partial charge in [-0.05, 0) is 49.4 Å². The SMILES string of the molecule is CNC(Cc1ccc(Br)cc1F)C1CC1C. The predicted octanol–water partition coefficient (Wildman–Crippen LogP) is 3.37. The fourth-order valence-corrected chi connectivity index (χ4v) is 2.64. The first-order valence-corrected chi connectivity index (χ1v) is 6.52. The zero-order chi connectivity index (χ0) is 11.7. The number of benzene rings is 1. The van der Waals surface area contributed by atoms with Crippen molar-refractivity contribution in [3.63, 3.8) is 0 Å². The number of hydrogen-bond donors (Lipinski definition) is 1. The van der Waals surface area contributed by atoms with Crippen LogP contribution in [0, 0.1) is 17.7 Å². The number of nitrogens with one attached hydrogen (secondary N) is 1. The van der Waals surface area contributed by atoms with E-state index >= 15 is 0 Å². The van der Waals surface area contributed by atoms with Gasteiger partial charge in [0.05, 0.1) is 0 Å². The third kappa shape index (κ3) is 2.64. The highest BCUT2D eigenvalue weighted by Gasteiger charge is 2.38. The lowest BCUT2D eigenvalue weighted by molar-refractivity contribution is 0.469. The molecule has 0 bridgehead atoms. The predicted molar refractivity (Wildman–Crippen MR) is 67.9 cm³/mol. The van der Waals surface area contributed by atoms with Crippen LogP contribution < -0.4 is 5.32 Å². The van der Waals surface area contributed by atoms with E-state index in [1.54, 1.807) is 6.07 Å². The van der Waals surface area contributed by atoms with Gasteiger partial charge in [-0.1, -0.05) is 28.9 Å². The molecule has 88 valence electrons. The van der Waals surface area contributed by atoms with Gasteiger partial charge in [0, 0.05) is 10.5 Å². The molecule has 0 spiro atoms. The molecule has 1 aromatic carbocycles. The van der Waals surface area contributed by atoms with E-state index in [1.165, 1.54) is 6.42 Å². The maximum Gasteiger partial charge on any atom is 0.127 e. The Morgan fingerprint density at radius 2 is 2.25 bits per heavy atom. The Hall–Kier alpha value is -0.410. The van der Waals surface area contributed by atoms with Gasteiger partial charge in [-0.2, -0.15) is 0 Å². The third-order valence-corrected chi connectivity index (χ3v) is 4.01. The van der Waals surface area contributed by atoms with E-state index in [4.69, 9.17) is 0 Å². The summed E-state index contributed by atoms with van der Waals surface area (Å²) in [5, 5.41) is 3.31. The summed E-state index contributed by atoms with van der Waals surface area (Å²) in [6, 6.07) is 5.72. The lowest BCUT2D eigenvalue weighted by Crippen LogP contribution is -2.30. The Balaban J connectivity index is 2.07. The second kappa shape index (κ2) is 4.84. The topological polar surface area (TPSA) is 12.0 Å². The van der Waals surface area contributed by atoms with E-state index in [0.29, 0.717) is 12.0 Å². The highest BCUT2D eigenvalue weighted by atomic mass is 79.9. The Labute approximate surface area is 105 Å². The molecule has 3 unspecified atom stereocenters. The van der Waals surface area contributed by atoms with Gasteiger partial charge in [-0.25, -0.2) is 4.39 Å². The van der Waals surface area contributed by atoms with E-state index in [0.717, 1.165) is 22.4 Å². The molecule has 16 heavy (non-hydrogen) atoms. The lowest BCUT2D eigenvalue weighted by Gasteiger charge is -2.16. The minimum absolute atomic E-state index is 0.108. The molecule has 0 aliphatic heterocycles. The normalized spacial score (nSPS) is 25.5. The highest BCUT2D eigenvalue weighted by Crippen LogP contribution is 2.41. The number of rotatable bonds is 4. The first-order chi connectivity index (χ1) is 7.61. The van der Waals surface area contributed by atoms with Gasteiger partial charge in [-0.15, -0.1) is 0 Å². The van der Waals surface area contributed by atoms with Crippen LogP contribution in [-0.4, -0.2) is 13.1 Å². The van der Waals surface area contributed by atoms with Crippen molar-refractivity contribution in [1.29, 1.82) is 0 Å². The van der Waals surface area contributed by atoms with Crippen molar-refractivity contribution < 1.29 is 4.39 Å². The zero-order valence-electron chi connectivity index (χ0n) is 9.63. The minimum Gasteiger partial charge on any atom is -0.316 e. The molecule has 1 aromatic rings. The Morgan fingerprint density at radius 1 is 1.56 bits per heavy atom. The molecule has 1 N–H and O–H groups in total. The van der Waals surface area contributed by atoms with Crippen molar-refractivity contribution in [3.05, 3.63) is 34.1 Å². The number of hydrogen-bond acceptors (Lipinski definition) is 1. The maximum atomic E-state index is 13.7. The van der Waals surface area contributed by atoms with Crippen molar-refractivity contribution in [1.82, 2.24) is 5.32 Å². The molecule has 3 heteroatoms. The van der Waals surface area contributed by atoms with Crippen LogP contribution in [0.4, 0.5) is 4.39 Å². The van der Waals surface area contributed by atoms with Crippen LogP contribution in [0.3, 0.4) is 0 Å². The molecular formula is C13H17BrFN. The fourth-order valence-electron chi connectivity index (χ4n) is 2.30. The molecular weight excluding hydrogens is 269 g/mol. The van der Waals surface area contributed by atoms with Gasteiger partial charge >= 0.3 is 0 Å². The van der Waals surface area contributed by atoms with Crippen LogP contribution in [0.2, 0.25) is 0 Å². The average Bonchev–Trinajstić information content (AvgIpc) is 2.94. The summed E-state index contributed by atoms with van der Waals surface area (Å²) in [6.07, 6.45) is 2.05. The summed E-state index contributed by atoms with van der Waals surface area (Å²) in [5.41, 5.74) is 0.807. The van der Waals surface area contributed by atoms with Gasteiger partial charge in [0.1, 0.15) is 5.82 Å². The van der Waals surface area contributed by atoms with E-state index in [2.05, 4.69) is 28.2 Å². The van der Waals surface area contributed by atoms with Gasteiger partial charge in [0.2, 0.25) is 0 Å². The van der Waals surface area contributed by atoms with Crippen molar-refractivity contribution >= 4 is 15.9 Å². The van der Waals surface area contributed by atoms with Crippen LogP contribution >= 0.6 is 15.9 Å². The van der Waals surface area contributed by atoms with Gasteiger partial charge in [0.15, 0.2) is 0 Å². The smallest absolute Gasteiger partial charge is 0.127 e. The van der Waals surface area contributed by atoms with Crippen LogP contribution in [0.15, 0.2) is 22.7 Å². The summed E-state index contributed by atoms with van der Waals surface area (Å²) < 4.78 is 14.5. The molecule has 0 heterocycles. The summed E-state index contributed by atoms with van der Waals surface area (Å²) in [7, 11) is 1.96. The maximum absolute atomic E-state index is 13.7. The average molecular weight is 286 g/mol. The van der Waals surface area contributed by atoms with E-state index < -0.39 is 0 Å². The largest absolute Gasteiger partial charge is 0.316 e. The van der Waals surface area contributed by atoms with Crippen molar-refractivity contribution in [3.8, 4) is 0 Å². The van der Waals surface area contributed by atoms with Crippen LogP contribution in [0.25, 0.3) is 0 Å². The second-order valence-corrected chi connectivity index (χ2v) is 5.63. The van der Waals surface area contributed by atoms with E-state index in [9.17, 15) is 4.39 Å². The Kier molecular flexibility index (Phi) is 3.65. The van der Waals surface area contributed by atoms with Crippen LogP contribution in [0.5, 0.6) is 0 Å². The Bertz CT molecular complexity index is 380. The third-order valence-electron chi connectivity index (χ3n) is 3.51. The molecule has 1 fully saturated rings. The van der Waals surface area contributed by atoms with Crippen LogP contribution in [-0.2, 0) is 6.42 Å². The molecule has 0 amide bonds. The molecule has 1 saturated carbocycles. The van der Waals surface area contributed by atoms with Crippen molar-refractivity contribution in [2.24, 2.45) is 11.8 Å². The Morgan fingerprint density at radius 3 is 2.75 bits per heavy atom. The number of likely N-dealkylation sites (N-methyl/N-ethyl adjacent to an activating group) is 1. The van der Waals surface area contributed by atoms with Gasteiger partial charge in [0.25, 0.3) is 0 Å². The first-order valence-electron chi connectivity index (χ1n) is 5.73. The van der Waals surface area contributed by atoms with Crippen molar-refractivity contribution in [2.45, 2.75) is 25.8 Å². The molecule has 2 rings (SSSR count). The van der Waals surface area contributed by atoms with Crippen LogP contribution in [0.1, 0.15) is 18.9 Å². The van der Waals surface area contributed by atoms with Gasteiger partial charge in [-0.3, -0.25) is 0 Å². The van der Waals surface area contributed by atoms with Gasteiger partial charge < -0.3 is 5.32 Å². The molecule has 0 aromatic heterocycles. The first kappa shape index (κ1) is 12.1. The summed E-state index contributed by atoms with van der Waals surface area (Å²) in [6.45, 7) is 2.26. The highest BCUT2D eigenvalue weighted by molar-refractivity contribution is 9.10. The van der Waals surface area contributed by atoms with E-state index in [-0.39, 0.29) is 5.82 Å².